The average Bonchev–Trinajstić information content (AvgIpc) is 2.83. The summed E-state index contributed by atoms with van der Waals surface area (Å²) in [5.41, 5.74) is 3.80. The third-order valence-electron chi connectivity index (χ3n) is 3.91. The van der Waals surface area contributed by atoms with Gasteiger partial charge in [-0.05, 0) is 49.0 Å². The number of hydrogen-bond donors (Lipinski definition) is 2. The van der Waals surface area contributed by atoms with E-state index in [1.165, 1.54) is 30.3 Å². The van der Waals surface area contributed by atoms with Crippen LogP contribution in [0.3, 0.4) is 0 Å². The van der Waals surface area contributed by atoms with Gasteiger partial charge in [0, 0.05) is 6.42 Å². The molecule has 116 valence electrons. The molecule has 0 aliphatic heterocycles. The van der Waals surface area contributed by atoms with Crippen LogP contribution in [0.1, 0.15) is 58.3 Å². The van der Waals surface area contributed by atoms with Gasteiger partial charge in [-0.1, -0.05) is 40.2 Å². The van der Waals surface area contributed by atoms with Crippen LogP contribution < -0.4 is 5.32 Å². The number of aryl methyl sites for hydroxylation is 1. The van der Waals surface area contributed by atoms with Crippen molar-refractivity contribution >= 4 is 11.0 Å². The summed E-state index contributed by atoms with van der Waals surface area (Å²) in [6.45, 7) is 11.1. The Morgan fingerprint density at radius 3 is 2.67 bits per heavy atom. The lowest BCUT2D eigenvalue weighted by Gasteiger charge is -2.18. The zero-order valence-corrected chi connectivity index (χ0v) is 13.9. The summed E-state index contributed by atoms with van der Waals surface area (Å²) in [5.74, 6) is 1.12. The zero-order valence-electron chi connectivity index (χ0n) is 13.9. The molecule has 21 heavy (non-hydrogen) atoms. The van der Waals surface area contributed by atoms with Crippen LogP contribution in [0.2, 0.25) is 0 Å². The van der Waals surface area contributed by atoms with Gasteiger partial charge in [-0.25, -0.2) is 4.98 Å². The number of rotatable bonds is 7. The maximum Gasteiger partial charge on any atom is 0.107 e. The van der Waals surface area contributed by atoms with E-state index in [1.807, 2.05) is 0 Å². The standard InChI is InChI=1S/C18H29N3/c1-5-19-12-8-6-7-9-17-20-15-11-10-14(18(2,3)4)13-16(15)21-17/h10-11,13,19H,5-9,12H2,1-4H3,(H,20,21). The van der Waals surface area contributed by atoms with Crippen molar-refractivity contribution in [2.75, 3.05) is 13.1 Å². The van der Waals surface area contributed by atoms with Crippen LogP contribution in [-0.2, 0) is 11.8 Å². The van der Waals surface area contributed by atoms with Gasteiger partial charge >= 0.3 is 0 Å². The summed E-state index contributed by atoms with van der Waals surface area (Å²) in [6, 6.07) is 6.58. The summed E-state index contributed by atoms with van der Waals surface area (Å²) in [5, 5.41) is 3.37. The largest absolute Gasteiger partial charge is 0.342 e. The Hall–Kier alpha value is -1.35. The number of aromatic amines is 1. The van der Waals surface area contributed by atoms with Crippen molar-refractivity contribution in [1.29, 1.82) is 0 Å². The van der Waals surface area contributed by atoms with E-state index in [-0.39, 0.29) is 5.41 Å². The van der Waals surface area contributed by atoms with Crippen molar-refractivity contribution in [2.24, 2.45) is 0 Å². The highest BCUT2D eigenvalue weighted by Crippen LogP contribution is 2.25. The molecule has 0 unspecified atom stereocenters. The third-order valence-corrected chi connectivity index (χ3v) is 3.91. The Labute approximate surface area is 128 Å². The number of aromatic nitrogens is 2. The zero-order chi connectivity index (χ0) is 15.3. The van der Waals surface area contributed by atoms with Gasteiger partial charge in [0.1, 0.15) is 5.82 Å². The summed E-state index contributed by atoms with van der Waals surface area (Å²) >= 11 is 0. The lowest BCUT2D eigenvalue weighted by atomic mass is 9.87. The van der Waals surface area contributed by atoms with E-state index in [4.69, 9.17) is 4.98 Å². The van der Waals surface area contributed by atoms with Crippen molar-refractivity contribution in [1.82, 2.24) is 15.3 Å². The van der Waals surface area contributed by atoms with Gasteiger partial charge in [0.15, 0.2) is 0 Å². The first-order valence-corrected chi connectivity index (χ1v) is 8.20. The first-order chi connectivity index (χ1) is 10.0. The van der Waals surface area contributed by atoms with Crippen LogP contribution in [-0.4, -0.2) is 23.1 Å². The van der Waals surface area contributed by atoms with Crippen LogP contribution >= 0.6 is 0 Å². The predicted molar refractivity (Wildman–Crippen MR) is 90.9 cm³/mol. The molecule has 2 rings (SSSR count). The number of H-pyrrole nitrogens is 1. The smallest absolute Gasteiger partial charge is 0.107 e. The average molecular weight is 287 g/mol. The van der Waals surface area contributed by atoms with Crippen LogP contribution in [0.25, 0.3) is 11.0 Å². The Bertz CT molecular complexity index is 563. The van der Waals surface area contributed by atoms with Gasteiger partial charge in [-0.15, -0.1) is 0 Å². The number of fused-ring (bicyclic) bond motifs is 1. The Balaban J connectivity index is 1.93. The first-order valence-electron chi connectivity index (χ1n) is 8.20. The molecule has 0 spiro atoms. The van der Waals surface area contributed by atoms with Crippen molar-refractivity contribution in [2.45, 2.75) is 58.8 Å². The summed E-state index contributed by atoms with van der Waals surface area (Å²) in [6.07, 6.45) is 4.77. The normalized spacial score (nSPS) is 12.2. The van der Waals surface area contributed by atoms with E-state index in [2.05, 4.69) is 56.2 Å². The maximum absolute atomic E-state index is 4.70. The molecule has 0 saturated carbocycles. The molecule has 0 radical (unpaired) electrons. The number of nitrogens with one attached hydrogen (secondary N) is 2. The SMILES string of the molecule is CCNCCCCCc1nc2ccc(C(C)(C)C)cc2[nH]1. The Morgan fingerprint density at radius 2 is 1.95 bits per heavy atom. The van der Waals surface area contributed by atoms with E-state index in [9.17, 15) is 0 Å². The molecule has 0 saturated heterocycles. The summed E-state index contributed by atoms with van der Waals surface area (Å²) in [4.78, 5) is 8.18. The highest BCUT2D eigenvalue weighted by atomic mass is 14.9. The van der Waals surface area contributed by atoms with Crippen LogP contribution in [0.15, 0.2) is 18.2 Å². The molecule has 0 aliphatic carbocycles. The molecule has 0 atom stereocenters. The van der Waals surface area contributed by atoms with E-state index < -0.39 is 0 Å². The second-order valence-electron chi connectivity index (χ2n) is 6.83. The quantitative estimate of drug-likeness (QED) is 0.750. The van der Waals surface area contributed by atoms with Gasteiger partial charge < -0.3 is 10.3 Å². The molecular weight excluding hydrogens is 258 g/mol. The lowest BCUT2D eigenvalue weighted by molar-refractivity contribution is 0.591. The fraction of sp³-hybridized carbons (Fsp3) is 0.611. The maximum atomic E-state index is 4.70. The monoisotopic (exact) mass is 287 g/mol. The molecule has 0 aliphatic rings. The molecule has 2 N–H and O–H groups in total. The Morgan fingerprint density at radius 1 is 1.14 bits per heavy atom. The number of imidazole rings is 1. The van der Waals surface area contributed by atoms with Gasteiger partial charge in [0.2, 0.25) is 0 Å². The lowest BCUT2D eigenvalue weighted by Crippen LogP contribution is -2.13. The molecule has 0 bridgehead atoms. The predicted octanol–water partition coefficient (Wildman–Crippen LogP) is 4.18. The van der Waals surface area contributed by atoms with E-state index in [0.29, 0.717) is 0 Å². The molecule has 3 nitrogen and oxygen atoms in total. The number of hydrogen-bond acceptors (Lipinski definition) is 2. The van der Waals surface area contributed by atoms with Crippen molar-refractivity contribution in [3.8, 4) is 0 Å². The third kappa shape index (κ3) is 4.57. The highest BCUT2D eigenvalue weighted by Gasteiger charge is 2.14. The fourth-order valence-electron chi connectivity index (χ4n) is 2.54. The van der Waals surface area contributed by atoms with Crippen LogP contribution in [0.4, 0.5) is 0 Å². The van der Waals surface area contributed by atoms with Crippen molar-refractivity contribution < 1.29 is 0 Å². The molecular formula is C18H29N3. The van der Waals surface area contributed by atoms with E-state index >= 15 is 0 Å². The van der Waals surface area contributed by atoms with Gasteiger partial charge in [-0.2, -0.15) is 0 Å². The summed E-state index contributed by atoms with van der Waals surface area (Å²) in [7, 11) is 0. The topological polar surface area (TPSA) is 40.7 Å². The van der Waals surface area contributed by atoms with E-state index in [0.717, 1.165) is 30.9 Å². The minimum Gasteiger partial charge on any atom is -0.342 e. The first kappa shape index (κ1) is 16.0. The second kappa shape index (κ2) is 7.08. The molecule has 0 amide bonds. The Kier molecular flexibility index (Phi) is 5.40. The van der Waals surface area contributed by atoms with Gasteiger partial charge in [-0.3, -0.25) is 0 Å². The van der Waals surface area contributed by atoms with Crippen molar-refractivity contribution in [3.63, 3.8) is 0 Å². The molecule has 1 aromatic heterocycles. The van der Waals surface area contributed by atoms with Crippen LogP contribution in [0, 0.1) is 0 Å². The highest BCUT2D eigenvalue weighted by molar-refractivity contribution is 5.76. The second-order valence-corrected chi connectivity index (χ2v) is 6.83. The molecule has 2 aromatic rings. The molecule has 3 heteroatoms. The molecule has 1 aromatic carbocycles. The van der Waals surface area contributed by atoms with E-state index in [1.54, 1.807) is 0 Å². The molecule has 1 heterocycles. The molecule has 0 fully saturated rings. The number of benzene rings is 1. The van der Waals surface area contributed by atoms with Gasteiger partial charge in [0.25, 0.3) is 0 Å². The summed E-state index contributed by atoms with van der Waals surface area (Å²) < 4.78 is 0. The minimum absolute atomic E-state index is 0.186. The minimum atomic E-state index is 0.186. The van der Waals surface area contributed by atoms with Crippen LogP contribution in [0.5, 0.6) is 0 Å². The fourth-order valence-corrected chi connectivity index (χ4v) is 2.54. The van der Waals surface area contributed by atoms with Crippen molar-refractivity contribution in [3.05, 3.63) is 29.6 Å². The number of unbranched alkanes of at least 4 members (excludes halogenated alkanes) is 2. The number of nitrogens with zero attached hydrogens (tertiary/aromatic N) is 1. The van der Waals surface area contributed by atoms with Gasteiger partial charge in [0.05, 0.1) is 11.0 Å².